The van der Waals surface area contributed by atoms with Gasteiger partial charge in [0.2, 0.25) is 0 Å². The topological polar surface area (TPSA) is 32.7 Å². The summed E-state index contributed by atoms with van der Waals surface area (Å²) >= 11 is 0. The monoisotopic (exact) mass is 191 g/mol. The van der Waals surface area contributed by atoms with Crippen LogP contribution in [0.25, 0.3) is 0 Å². The van der Waals surface area contributed by atoms with Crippen LogP contribution < -0.4 is 4.90 Å². The minimum absolute atomic E-state index is 0.326. The molecule has 3 fully saturated rings. The minimum atomic E-state index is 0.326. The number of anilines is 1. The highest BCUT2D eigenvalue weighted by atomic mass is 16.5. The number of rotatable bonds is 1. The summed E-state index contributed by atoms with van der Waals surface area (Å²) in [5.41, 5.74) is 1.18. The molecule has 1 aromatic rings. The van der Waals surface area contributed by atoms with Crippen molar-refractivity contribution in [2.75, 3.05) is 18.0 Å². The highest BCUT2D eigenvalue weighted by molar-refractivity contribution is 5.49. The third kappa shape index (κ3) is 1.24. The zero-order chi connectivity index (χ0) is 9.54. The van der Waals surface area contributed by atoms with Crippen molar-refractivity contribution in [1.82, 2.24) is 0 Å². The van der Waals surface area contributed by atoms with Crippen LogP contribution in [0.3, 0.4) is 0 Å². The predicted octanol–water partition coefficient (Wildman–Crippen LogP) is 1.37. The molecular formula is C11H13NO2. The second kappa shape index (κ2) is 2.89. The molecule has 14 heavy (non-hydrogen) atoms. The fourth-order valence-electron chi connectivity index (χ4n) is 2.23. The van der Waals surface area contributed by atoms with Crippen molar-refractivity contribution in [3.63, 3.8) is 0 Å². The number of piperidine rings is 1. The van der Waals surface area contributed by atoms with Gasteiger partial charge in [-0.15, -0.1) is 0 Å². The molecule has 3 heterocycles. The Hall–Kier alpha value is -1.22. The van der Waals surface area contributed by atoms with Crippen molar-refractivity contribution in [2.45, 2.75) is 18.6 Å². The average molecular weight is 191 g/mol. The molecule has 0 aliphatic carbocycles. The second-order valence-electron chi connectivity index (χ2n) is 4.04. The fourth-order valence-corrected chi connectivity index (χ4v) is 2.23. The molecule has 0 spiro atoms. The highest BCUT2D eigenvalue weighted by Gasteiger charge is 2.38. The lowest BCUT2D eigenvalue weighted by Crippen LogP contribution is -2.57. The summed E-state index contributed by atoms with van der Waals surface area (Å²) in [6.07, 6.45) is 2.08. The maximum Gasteiger partial charge on any atom is 0.115 e. The molecule has 3 aliphatic rings. The average Bonchev–Trinajstić information content (AvgIpc) is 2.18. The van der Waals surface area contributed by atoms with Gasteiger partial charge in [-0.2, -0.15) is 0 Å². The molecule has 74 valence electrons. The number of ether oxygens (including phenoxy) is 1. The van der Waals surface area contributed by atoms with Crippen LogP contribution in [0.5, 0.6) is 5.75 Å². The van der Waals surface area contributed by atoms with Gasteiger partial charge in [0, 0.05) is 25.2 Å². The van der Waals surface area contributed by atoms with E-state index in [1.807, 2.05) is 12.1 Å². The Morgan fingerprint density at radius 1 is 1.14 bits per heavy atom. The van der Waals surface area contributed by atoms with Gasteiger partial charge in [0.05, 0.1) is 12.2 Å². The molecule has 3 nitrogen and oxygen atoms in total. The zero-order valence-electron chi connectivity index (χ0n) is 7.89. The molecule has 0 saturated carbocycles. The fraction of sp³-hybridized carbons (Fsp3) is 0.455. The lowest BCUT2D eigenvalue weighted by atomic mass is 9.98. The number of hydrogen-bond donors (Lipinski definition) is 1. The Bertz CT molecular complexity index is 320. The number of benzene rings is 1. The van der Waals surface area contributed by atoms with Crippen molar-refractivity contribution < 1.29 is 9.84 Å². The van der Waals surface area contributed by atoms with E-state index in [0.717, 1.165) is 13.1 Å². The van der Waals surface area contributed by atoms with Gasteiger partial charge in [0.1, 0.15) is 5.75 Å². The number of aromatic hydroxyl groups is 1. The molecular weight excluding hydrogens is 178 g/mol. The van der Waals surface area contributed by atoms with Crippen LogP contribution in [0.4, 0.5) is 5.69 Å². The Kier molecular flexibility index (Phi) is 1.67. The molecule has 2 unspecified atom stereocenters. The summed E-state index contributed by atoms with van der Waals surface area (Å²) in [4.78, 5) is 2.32. The van der Waals surface area contributed by atoms with Crippen LogP contribution in [0.1, 0.15) is 6.42 Å². The summed E-state index contributed by atoms with van der Waals surface area (Å²) in [5.74, 6) is 0.326. The van der Waals surface area contributed by atoms with Crippen LogP contribution in [-0.4, -0.2) is 30.4 Å². The van der Waals surface area contributed by atoms with E-state index >= 15 is 0 Å². The van der Waals surface area contributed by atoms with Crippen LogP contribution in [-0.2, 0) is 4.74 Å². The zero-order valence-corrected chi connectivity index (χ0v) is 7.89. The van der Waals surface area contributed by atoms with E-state index in [0.29, 0.717) is 18.0 Å². The number of nitrogens with zero attached hydrogens (tertiary/aromatic N) is 1. The quantitative estimate of drug-likeness (QED) is 0.727. The number of phenolic OH excluding ortho intramolecular Hbond substituents is 1. The first kappa shape index (κ1) is 8.12. The molecule has 3 saturated heterocycles. The summed E-state index contributed by atoms with van der Waals surface area (Å²) in [5, 5.41) is 9.17. The molecule has 1 N–H and O–H groups in total. The first-order valence-corrected chi connectivity index (χ1v) is 5.01. The molecule has 3 heteroatoms. The molecule has 0 radical (unpaired) electrons. The Morgan fingerprint density at radius 3 is 2.29 bits per heavy atom. The van der Waals surface area contributed by atoms with E-state index in [2.05, 4.69) is 4.90 Å². The van der Waals surface area contributed by atoms with Gasteiger partial charge in [-0.3, -0.25) is 0 Å². The number of hydrogen-bond acceptors (Lipinski definition) is 3. The highest BCUT2D eigenvalue weighted by Crippen LogP contribution is 2.31. The third-order valence-corrected chi connectivity index (χ3v) is 2.97. The van der Waals surface area contributed by atoms with E-state index in [9.17, 15) is 5.11 Å². The molecule has 4 rings (SSSR count). The lowest BCUT2D eigenvalue weighted by Gasteiger charge is -2.48. The minimum Gasteiger partial charge on any atom is -0.508 e. The molecule has 0 aromatic heterocycles. The maximum absolute atomic E-state index is 9.17. The molecule has 3 aliphatic heterocycles. The van der Waals surface area contributed by atoms with E-state index in [4.69, 9.17) is 4.74 Å². The second-order valence-corrected chi connectivity index (χ2v) is 4.04. The molecule has 0 amide bonds. The normalized spacial score (nSPS) is 29.9. The summed E-state index contributed by atoms with van der Waals surface area (Å²) in [7, 11) is 0. The van der Waals surface area contributed by atoms with Crippen LogP contribution in [0, 0.1) is 0 Å². The van der Waals surface area contributed by atoms with Gasteiger partial charge >= 0.3 is 0 Å². The standard InChI is InChI=1S/C11H13NO2/c13-9-3-1-8(2-4-9)12-6-10-5-11(7-12)14-10/h1-4,10-11,13H,5-7H2. The van der Waals surface area contributed by atoms with Gasteiger partial charge in [-0.1, -0.05) is 0 Å². The third-order valence-electron chi connectivity index (χ3n) is 2.97. The van der Waals surface area contributed by atoms with Crippen molar-refractivity contribution >= 4 is 5.69 Å². The number of phenols is 1. The Labute approximate surface area is 82.9 Å². The van der Waals surface area contributed by atoms with Gasteiger partial charge in [0.25, 0.3) is 0 Å². The van der Waals surface area contributed by atoms with E-state index in [1.165, 1.54) is 12.1 Å². The van der Waals surface area contributed by atoms with E-state index in [-0.39, 0.29) is 0 Å². The van der Waals surface area contributed by atoms with Gasteiger partial charge in [0.15, 0.2) is 0 Å². The van der Waals surface area contributed by atoms with Crippen molar-refractivity contribution in [2.24, 2.45) is 0 Å². The van der Waals surface area contributed by atoms with Gasteiger partial charge < -0.3 is 14.7 Å². The number of morpholine rings is 1. The van der Waals surface area contributed by atoms with E-state index in [1.54, 1.807) is 12.1 Å². The molecule has 1 aromatic carbocycles. The van der Waals surface area contributed by atoms with E-state index < -0.39 is 0 Å². The predicted molar refractivity (Wildman–Crippen MR) is 53.6 cm³/mol. The van der Waals surface area contributed by atoms with Gasteiger partial charge in [-0.25, -0.2) is 0 Å². The van der Waals surface area contributed by atoms with Crippen LogP contribution >= 0.6 is 0 Å². The van der Waals surface area contributed by atoms with Gasteiger partial charge in [-0.05, 0) is 24.3 Å². The Morgan fingerprint density at radius 2 is 1.71 bits per heavy atom. The van der Waals surface area contributed by atoms with Crippen molar-refractivity contribution in [1.29, 1.82) is 0 Å². The van der Waals surface area contributed by atoms with Crippen LogP contribution in [0.2, 0.25) is 0 Å². The largest absolute Gasteiger partial charge is 0.508 e. The maximum atomic E-state index is 9.17. The molecule has 2 atom stereocenters. The Balaban J connectivity index is 1.79. The molecule has 2 bridgehead atoms. The summed E-state index contributed by atoms with van der Waals surface area (Å²) < 4.78 is 5.56. The summed E-state index contributed by atoms with van der Waals surface area (Å²) in [6.45, 7) is 1.97. The van der Waals surface area contributed by atoms with Crippen LogP contribution in [0.15, 0.2) is 24.3 Å². The first-order valence-electron chi connectivity index (χ1n) is 5.01. The first-order chi connectivity index (χ1) is 6.81. The number of fused-ring (bicyclic) bond motifs is 2. The lowest BCUT2D eigenvalue weighted by molar-refractivity contribution is -0.133. The summed E-state index contributed by atoms with van der Waals surface area (Å²) in [6, 6.07) is 7.38. The van der Waals surface area contributed by atoms with Crippen molar-refractivity contribution in [3.8, 4) is 5.75 Å². The van der Waals surface area contributed by atoms with Crippen molar-refractivity contribution in [3.05, 3.63) is 24.3 Å². The smallest absolute Gasteiger partial charge is 0.115 e. The SMILES string of the molecule is Oc1ccc(N2CC3CC(C2)O3)cc1.